The molecular formula is C20H21ClN2O4S. The van der Waals surface area contributed by atoms with Crippen molar-refractivity contribution in [3.8, 4) is 5.75 Å². The number of sulfonamides is 1. The predicted octanol–water partition coefficient (Wildman–Crippen LogP) is 3.94. The minimum atomic E-state index is -4.02. The fourth-order valence-electron chi connectivity index (χ4n) is 2.98. The molecule has 2 aromatic rings. The summed E-state index contributed by atoms with van der Waals surface area (Å²) in [6.45, 7) is 5.08. The van der Waals surface area contributed by atoms with E-state index < -0.39 is 10.0 Å². The number of methoxy groups -OCH3 is 1. The van der Waals surface area contributed by atoms with E-state index in [1.165, 1.54) is 25.3 Å². The zero-order chi connectivity index (χ0) is 20.3. The number of ether oxygens (including phenoxy) is 1. The third kappa shape index (κ3) is 4.31. The molecule has 1 amide bonds. The lowest BCUT2D eigenvalue weighted by molar-refractivity contribution is 0.0743. The Balaban J connectivity index is 1.90. The van der Waals surface area contributed by atoms with E-state index in [0.29, 0.717) is 18.8 Å². The first-order valence-electron chi connectivity index (χ1n) is 8.73. The van der Waals surface area contributed by atoms with E-state index in [-0.39, 0.29) is 27.1 Å². The number of amides is 1. The molecule has 1 fully saturated rings. The van der Waals surface area contributed by atoms with Crippen molar-refractivity contribution in [2.45, 2.75) is 17.7 Å². The van der Waals surface area contributed by atoms with Crippen LogP contribution < -0.4 is 9.46 Å². The second-order valence-corrected chi connectivity index (χ2v) is 8.55. The second-order valence-electron chi connectivity index (χ2n) is 6.49. The van der Waals surface area contributed by atoms with Crippen molar-refractivity contribution >= 4 is 33.2 Å². The normalized spacial score (nSPS) is 14.6. The molecule has 0 spiro atoms. The van der Waals surface area contributed by atoms with Crippen LogP contribution in [0.4, 0.5) is 5.69 Å². The van der Waals surface area contributed by atoms with Gasteiger partial charge in [0.2, 0.25) is 0 Å². The Hall–Kier alpha value is -2.51. The van der Waals surface area contributed by atoms with E-state index in [4.69, 9.17) is 16.3 Å². The van der Waals surface area contributed by atoms with Gasteiger partial charge in [-0.3, -0.25) is 9.52 Å². The molecule has 0 bridgehead atoms. The molecule has 0 aliphatic carbocycles. The summed E-state index contributed by atoms with van der Waals surface area (Å²) in [5, 5.41) is 0.0333. The average molecular weight is 421 g/mol. The van der Waals surface area contributed by atoms with Crippen LogP contribution in [0.2, 0.25) is 5.02 Å². The van der Waals surface area contributed by atoms with Crippen molar-refractivity contribution in [1.82, 2.24) is 4.90 Å². The Morgan fingerprint density at radius 2 is 1.86 bits per heavy atom. The van der Waals surface area contributed by atoms with E-state index in [1.807, 2.05) is 0 Å². The lowest BCUT2D eigenvalue weighted by Crippen LogP contribution is -2.36. The lowest BCUT2D eigenvalue weighted by Gasteiger charge is -2.28. The first kappa shape index (κ1) is 20.2. The standard InChI is InChI=1S/C20H21ClN2O4S/c1-14-9-11-23(12-10-14)20(24)15-7-8-16(21)19(13-15)28(25,26)22-17-5-3-4-6-18(17)27-2/h3-8,13,22H,1,9-12H2,2H3. The second kappa shape index (κ2) is 8.24. The molecule has 0 radical (unpaired) electrons. The zero-order valence-electron chi connectivity index (χ0n) is 15.4. The van der Waals surface area contributed by atoms with E-state index >= 15 is 0 Å². The van der Waals surface area contributed by atoms with Crippen LogP contribution in [0.3, 0.4) is 0 Å². The van der Waals surface area contributed by atoms with Crippen LogP contribution in [0.5, 0.6) is 5.75 Å². The van der Waals surface area contributed by atoms with Gasteiger partial charge >= 0.3 is 0 Å². The van der Waals surface area contributed by atoms with E-state index in [0.717, 1.165) is 18.4 Å². The number of hydrogen-bond donors (Lipinski definition) is 1. The molecule has 28 heavy (non-hydrogen) atoms. The van der Waals surface area contributed by atoms with Crippen LogP contribution in [0.25, 0.3) is 0 Å². The minimum absolute atomic E-state index is 0.0333. The highest BCUT2D eigenvalue weighted by Gasteiger charge is 2.24. The van der Waals surface area contributed by atoms with Crippen LogP contribution in [-0.2, 0) is 10.0 Å². The maximum atomic E-state index is 12.9. The summed E-state index contributed by atoms with van der Waals surface area (Å²) < 4.78 is 33.4. The van der Waals surface area contributed by atoms with Gasteiger partial charge in [0.15, 0.2) is 0 Å². The fourth-order valence-corrected chi connectivity index (χ4v) is 4.58. The van der Waals surface area contributed by atoms with Crippen LogP contribution >= 0.6 is 11.6 Å². The molecular weight excluding hydrogens is 400 g/mol. The van der Waals surface area contributed by atoms with E-state index in [1.54, 1.807) is 29.2 Å². The molecule has 2 aromatic carbocycles. The fraction of sp³-hybridized carbons (Fsp3) is 0.250. The van der Waals surface area contributed by atoms with Crippen LogP contribution in [0, 0.1) is 0 Å². The molecule has 1 aliphatic rings. The molecule has 6 nitrogen and oxygen atoms in total. The van der Waals surface area contributed by atoms with Gasteiger partial charge < -0.3 is 9.64 Å². The monoisotopic (exact) mass is 420 g/mol. The zero-order valence-corrected chi connectivity index (χ0v) is 17.0. The third-order valence-electron chi connectivity index (χ3n) is 4.58. The molecule has 1 saturated heterocycles. The number of hydrogen-bond acceptors (Lipinski definition) is 4. The Morgan fingerprint density at radius 3 is 2.54 bits per heavy atom. The van der Waals surface area contributed by atoms with Crippen molar-refractivity contribution in [3.63, 3.8) is 0 Å². The van der Waals surface area contributed by atoms with Gasteiger partial charge in [0.25, 0.3) is 15.9 Å². The Kier molecular flexibility index (Phi) is 5.96. The van der Waals surface area contributed by atoms with Gasteiger partial charge in [-0.25, -0.2) is 8.42 Å². The van der Waals surface area contributed by atoms with Crippen LogP contribution in [0.1, 0.15) is 23.2 Å². The Morgan fingerprint density at radius 1 is 1.18 bits per heavy atom. The lowest BCUT2D eigenvalue weighted by atomic mass is 10.0. The summed E-state index contributed by atoms with van der Waals surface area (Å²) in [4.78, 5) is 14.3. The number of rotatable bonds is 5. The van der Waals surface area contributed by atoms with Gasteiger partial charge in [-0.15, -0.1) is 0 Å². The molecule has 1 heterocycles. The topological polar surface area (TPSA) is 75.7 Å². The summed E-state index contributed by atoms with van der Waals surface area (Å²) in [5.41, 5.74) is 1.68. The molecule has 1 aliphatic heterocycles. The number of para-hydroxylation sites is 2. The number of anilines is 1. The number of carbonyl (C=O) groups excluding carboxylic acids is 1. The molecule has 1 N–H and O–H groups in total. The summed E-state index contributed by atoms with van der Waals surface area (Å²) in [5.74, 6) is 0.154. The highest BCUT2D eigenvalue weighted by molar-refractivity contribution is 7.92. The molecule has 148 valence electrons. The largest absolute Gasteiger partial charge is 0.495 e. The van der Waals surface area contributed by atoms with Gasteiger partial charge in [0.1, 0.15) is 10.6 Å². The summed E-state index contributed by atoms with van der Waals surface area (Å²) in [6, 6.07) is 10.9. The number of halogens is 1. The summed E-state index contributed by atoms with van der Waals surface area (Å²) in [7, 11) is -2.57. The molecule has 0 atom stereocenters. The number of likely N-dealkylation sites (tertiary alicyclic amines) is 1. The number of nitrogens with zero attached hydrogens (tertiary/aromatic N) is 1. The smallest absolute Gasteiger partial charge is 0.263 e. The maximum Gasteiger partial charge on any atom is 0.263 e. The molecule has 0 saturated carbocycles. The first-order chi connectivity index (χ1) is 13.3. The Labute approximate surface area is 169 Å². The predicted molar refractivity (Wildman–Crippen MR) is 110 cm³/mol. The maximum absolute atomic E-state index is 12.9. The highest BCUT2D eigenvalue weighted by atomic mass is 35.5. The first-order valence-corrected chi connectivity index (χ1v) is 10.6. The molecule has 3 rings (SSSR count). The van der Waals surface area contributed by atoms with Gasteiger partial charge in [0.05, 0.1) is 17.8 Å². The van der Waals surface area contributed by atoms with Gasteiger partial charge in [-0.2, -0.15) is 0 Å². The minimum Gasteiger partial charge on any atom is -0.495 e. The van der Waals surface area contributed by atoms with Crippen molar-refractivity contribution in [3.05, 3.63) is 65.2 Å². The number of piperidine rings is 1. The van der Waals surface area contributed by atoms with Crippen molar-refractivity contribution < 1.29 is 17.9 Å². The molecule has 8 heteroatoms. The average Bonchev–Trinajstić information content (AvgIpc) is 2.68. The van der Waals surface area contributed by atoms with Crippen LogP contribution in [-0.4, -0.2) is 39.4 Å². The number of nitrogens with one attached hydrogen (secondary N) is 1. The quantitative estimate of drug-likeness (QED) is 0.743. The Bertz CT molecular complexity index is 1010. The molecule has 0 unspecified atom stereocenters. The third-order valence-corrected chi connectivity index (χ3v) is 6.42. The SMILES string of the molecule is C=C1CCN(C(=O)c2ccc(Cl)c(S(=O)(=O)Nc3ccccc3OC)c2)CC1. The van der Waals surface area contributed by atoms with Crippen LogP contribution in [0.15, 0.2) is 59.5 Å². The van der Waals surface area contributed by atoms with Gasteiger partial charge in [-0.1, -0.05) is 35.9 Å². The van der Waals surface area contributed by atoms with E-state index in [2.05, 4.69) is 11.3 Å². The van der Waals surface area contributed by atoms with Crippen molar-refractivity contribution in [1.29, 1.82) is 0 Å². The summed E-state index contributed by atoms with van der Waals surface area (Å²) in [6.07, 6.45) is 1.50. The summed E-state index contributed by atoms with van der Waals surface area (Å²) >= 11 is 6.14. The highest BCUT2D eigenvalue weighted by Crippen LogP contribution is 2.30. The van der Waals surface area contributed by atoms with Crippen molar-refractivity contribution in [2.24, 2.45) is 0 Å². The van der Waals surface area contributed by atoms with Gasteiger partial charge in [-0.05, 0) is 43.2 Å². The van der Waals surface area contributed by atoms with Crippen molar-refractivity contribution in [2.75, 3.05) is 24.9 Å². The van der Waals surface area contributed by atoms with E-state index in [9.17, 15) is 13.2 Å². The molecule has 0 aromatic heterocycles. The number of carbonyl (C=O) groups is 1. The van der Waals surface area contributed by atoms with Gasteiger partial charge in [0, 0.05) is 18.7 Å². The number of benzene rings is 2.